The van der Waals surface area contributed by atoms with Gasteiger partial charge in [-0.15, -0.1) is 0 Å². The molecule has 0 radical (unpaired) electrons. The highest BCUT2D eigenvalue weighted by Gasteiger charge is 2.14. The number of nitrogens with zero attached hydrogens (tertiary/aromatic N) is 2. The van der Waals surface area contributed by atoms with E-state index in [1.54, 1.807) is 41.2 Å². The molecular formula is C18H15ClN4O3. The standard InChI is InChI=1S/C18H15ClN4O3/c1-26-18(25)22-15-8-4-2-6-13(15)17(24)21-12-10-20-23(11-12)16-9-5-3-7-14(16)19/h2-11H,1H3,(H,21,24)(H,22,25). The minimum Gasteiger partial charge on any atom is -0.453 e. The third-order valence-electron chi connectivity index (χ3n) is 3.53. The molecule has 0 bridgehead atoms. The number of carbonyl (C=O) groups is 2. The number of halogens is 1. The summed E-state index contributed by atoms with van der Waals surface area (Å²) in [6, 6.07) is 13.8. The van der Waals surface area contributed by atoms with Gasteiger partial charge in [0.25, 0.3) is 5.91 Å². The lowest BCUT2D eigenvalue weighted by atomic mass is 10.1. The van der Waals surface area contributed by atoms with Crippen molar-refractivity contribution in [1.82, 2.24) is 9.78 Å². The molecule has 8 heteroatoms. The number of amides is 2. The molecule has 0 aliphatic rings. The Morgan fingerprint density at radius 2 is 1.81 bits per heavy atom. The summed E-state index contributed by atoms with van der Waals surface area (Å²) in [5, 5.41) is 10.00. The fraction of sp³-hybridized carbons (Fsp3) is 0.0556. The van der Waals surface area contributed by atoms with Crippen LogP contribution in [0, 0.1) is 0 Å². The highest BCUT2D eigenvalue weighted by atomic mass is 35.5. The Morgan fingerprint density at radius 3 is 2.58 bits per heavy atom. The van der Waals surface area contributed by atoms with Crippen LogP contribution in [0.15, 0.2) is 60.9 Å². The summed E-state index contributed by atoms with van der Waals surface area (Å²) >= 11 is 6.15. The zero-order valence-corrected chi connectivity index (χ0v) is 14.5. The number of aromatic nitrogens is 2. The van der Waals surface area contributed by atoms with Crippen LogP contribution in [-0.4, -0.2) is 28.9 Å². The van der Waals surface area contributed by atoms with E-state index < -0.39 is 12.0 Å². The number of benzene rings is 2. The lowest BCUT2D eigenvalue weighted by molar-refractivity contribution is 0.102. The number of para-hydroxylation sites is 2. The molecule has 2 amide bonds. The monoisotopic (exact) mass is 370 g/mol. The van der Waals surface area contributed by atoms with Crippen LogP contribution in [0.25, 0.3) is 5.69 Å². The first-order valence-electron chi connectivity index (χ1n) is 7.63. The van der Waals surface area contributed by atoms with Crippen molar-refractivity contribution in [3.63, 3.8) is 0 Å². The molecule has 132 valence electrons. The van der Waals surface area contributed by atoms with Crippen LogP contribution in [-0.2, 0) is 4.74 Å². The van der Waals surface area contributed by atoms with Gasteiger partial charge in [-0.1, -0.05) is 35.9 Å². The second-order valence-corrected chi connectivity index (χ2v) is 5.65. The molecule has 0 unspecified atom stereocenters. The number of nitrogens with one attached hydrogen (secondary N) is 2. The molecule has 26 heavy (non-hydrogen) atoms. The van der Waals surface area contributed by atoms with Gasteiger partial charge in [0.1, 0.15) is 0 Å². The van der Waals surface area contributed by atoms with Gasteiger partial charge in [-0.2, -0.15) is 5.10 Å². The fourth-order valence-corrected chi connectivity index (χ4v) is 2.53. The third kappa shape index (κ3) is 3.84. The summed E-state index contributed by atoms with van der Waals surface area (Å²) in [5.41, 5.74) is 1.82. The molecule has 7 nitrogen and oxygen atoms in total. The van der Waals surface area contributed by atoms with Crippen molar-refractivity contribution in [2.45, 2.75) is 0 Å². The minimum atomic E-state index is -0.656. The van der Waals surface area contributed by atoms with Crippen molar-refractivity contribution in [3.05, 3.63) is 71.5 Å². The Labute approximate surface area is 154 Å². The van der Waals surface area contributed by atoms with Gasteiger partial charge < -0.3 is 10.1 Å². The largest absolute Gasteiger partial charge is 0.453 e. The molecule has 0 atom stereocenters. The lowest BCUT2D eigenvalue weighted by Gasteiger charge is -2.09. The predicted molar refractivity (Wildman–Crippen MR) is 99.0 cm³/mol. The molecule has 0 fully saturated rings. The van der Waals surface area contributed by atoms with Crippen molar-refractivity contribution in [3.8, 4) is 5.69 Å². The maximum absolute atomic E-state index is 12.6. The number of carbonyl (C=O) groups excluding carboxylic acids is 2. The first-order chi connectivity index (χ1) is 12.6. The van der Waals surface area contributed by atoms with E-state index in [0.29, 0.717) is 27.6 Å². The van der Waals surface area contributed by atoms with Gasteiger partial charge in [0, 0.05) is 0 Å². The van der Waals surface area contributed by atoms with Crippen molar-refractivity contribution in [1.29, 1.82) is 0 Å². The summed E-state index contributed by atoms with van der Waals surface area (Å²) in [5.74, 6) is -0.393. The molecule has 0 aliphatic heterocycles. The molecule has 0 saturated heterocycles. The Kier molecular flexibility index (Phi) is 5.19. The minimum absolute atomic E-state index is 0.295. The van der Waals surface area contributed by atoms with E-state index in [0.717, 1.165) is 0 Å². The maximum atomic E-state index is 12.6. The number of hydrogen-bond donors (Lipinski definition) is 2. The summed E-state index contributed by atoms with van der Waals surface area (Å²) < 4.78 is 6.13. The molecule has 2 N–H and O–H groups in total. The quantitative estimate of drug-likeness (QED) is 0.728. The summed E-state index contributed by atoms with van der Waals surface area (Å²) in [7, 11) is 1.25. The molecule has 1 aromatic heterocycles. The molecule has 0 aliphatic carbocycles. The molecule has 3 rings (SSSR count). The lowest BCUT2D eigenvalue weighted by Crippen LogP contribution is -2.17. The zero-order valence-electron chi connectivity index (χ0n) is 13.8. The van der Waals surface area contributed by atoms with Gasteiger partial charge in [0.15, 0.2) is 0 Å². The smallest absolute Gasteiger partial charge is 0.411 e. The molecular weight excluding hydrogens is 356 g/mol. The van der Waals surface area contributed by atoms with Crippen molar-refractivity contribution in [2.24, 2.45) is 0 Å². The molecule has 2 aromatic carbocycles. The second kappa shape index (κ2) is 7.71. The number of hydrogen-bond acceptors (Lipinski definition) is 4. The van der Waals surface area contributed by atoms with Crippen LogP contribution < -0.4 is 10.6 Å². The average molecular weight is 371 g/mol. The van der Waals surface area contributed by atoms with E-state index in [1.807, 2.05) is 18.2 Å². The van der Waals surface area contributed by atoms with Gasteiger partial charge in [-0.25, -0.2) is 9.48 Å². The number of rotatable bonds is 4. The van der Waals surface area contributed by atoms with Crippen LogP contribution in [0.5, 0.6) is 0 Å². The molecule has 3 aromatic rings. The Hall–Kier alpha value is -3.32. The van der Waals surface area contributed by atoms with Gasteiger partial charge in [-0.3, -0.25) is 10.1 Å². The molecule has 0 spiro atoms. The Bertz CT molecular complexity index is 955. The summed E-state index contributed by atoms with van der Waals surface area (Å²) in [6.45, 7) is 0. The number of anilines is 2. The number of methoxy groups -OCH3 is 1. The van der Waals surface area contributed by atoms with Crippen LogP contribution in [0.2, 0.25) is 5.02 Å². The van der Waals surface area contributed by atoms with Gasteiger partial charge >= 0.3 is 6.09 Å². The van der Waals surface area contributed by atoms with E-state index in [9.17, 15) is 9.59 Å². The second-order valence-electron chi connectivity index (χ2n) is 5.24. The van der Waals surface area contributed by atoms with Crippen molar-refractivity contribution in [2.75, 3.05) is 17.7 Å². The molecule has 1 heterocycles. The Balaban J connectivity index is 1.79. The van der Waals surface area contributed by atoms with E-state index >= 15 is 0 Å². The first kappa shape index (κ1) is 17.5. The van der Waals surface area contributed by atoms with E-state index in [-0.39, 0.29) is 0 Å². The fourth-order valence-electron chi connectivity index (χ4n) is 2.31. The highest BCUT2D eigenvalue weighted by molar-refractivity contribution is 6.32. The van der Waals surface area contributed by atoms with E-state index in [4.69, 9.17) is 11.6 Å². The van der Waals surface area contributed by atoms with Gasteiger partial charge in [0.05, 0.1) is 47.2 Å². The summed E-state index contributed by atoms with van der Waals surface area (Å²) in [6.07, 6.45) is 2.50. The molecule has 0 saturated carbocycles. The average Bonchev–Trinajstić information content (AvgIpc) is 3.10. The van der Waals surface area contributed by atoms with Crippen LogP contribution >= 0.6 is 11.6 Å². The maximum Gasteiger partial charge on any atom is 0.411 e. The van der Waals surface area contributed by atoms with Crippen molar-refractivity contribution >= 4 is 35.0 Å². The third-order valence-corrected chi connectivity index (χ3v) is 3.85. The van der Waals surface area contributed by atoms with E-state index in [2.05, 4.69) is 20.5 Å². The van der Waals surface area contributed by atoms with Gasteiger partial charge in [-0.05, 0) is 24.3 Å². The normalized spacial score (nSPS) is 10.2. The van der Waals surface area contributed by atoms with E-state index in [1.165, 1.54) is 13.3 Å². The Morgan fingerprint density at radius 1 is 1.08 bits per heavy atom. The van der Waals surface area contributed by atoms with Crippen molar-refractivity contribution < 1.29 is 14.3 Å². The predicted octanol–water partition coefficient (Wildman–Crippen LogP) is 3.96. The highest BCUT2D eigenvalue weighted by Crippen LogP contribution is 2.21. The summed E-state index contributed by atoms with van der Waals surface area (Å²) in [4.78, 5) is 24.0. The zero-order chi connectivity index (χ0) is 18.5. The van der Waals surface area contributed by atoms with Crippen LogP contribution in [0.4, 0.5) is 16.2 Å². The number of ether oxygens (including phenoxy) is 1. The van der Waals surface area contributed by atoms with Crippen LogP contribution in [0.1, 0.15) is 10.4 Å². The first-order valence-corrected chi connectivity index (χ1v) is 8.01. The van der Waals surface area contributed by atoms with Crippen LogP contribution in [0.3, 0.4) is 0 Å². The topological polar surface area (TPSA) is 85.2 Å². The SMILES string of the molecule is COC(=O)Nc1ccccc1C(=O)Nc1cnn(-c2ccccc2Cl)c1. The van der Waals surface area contributed by atoms with Gasteiger partial charge in [0.2, 0.25) is 0 Å².